The lowest BCUT2D eigenvalue weighted by molar-refractivity contribution is 0.408. The van der Waals surface area contributed by atoms with Crippen molar-refractivity contribution in [3.8, 4) is 17.0 Å². The van der Waals surface area contributed by atoms with Crippen LogP contribution in [0.1, 0.15) is 97.5 Å². The molecular weight excluding hydrogens is 518 g/mol. The second-order valence-corrected chi connectivity index (χ2v) is 12.2. The van der Waals surface area contributed by atoms with Gasteiger partial charge in [0.25, 0.3) is 0 Å². The molecule has 0 aliphatic heterocycles. The molecule has 0 bridgehead atoms. The molecule has 0 aliphatic carbocycles. The molecule has 42 heavy (non-hydrogen) atoms. The number of aryl methyl sites for hydroxylation is 5. The summed E-state index contributed by atoms with van der Waals surface area (Å²) < 4.78 is 14.2. The predicted octanol–water partition coefficient (Wildman–Crippen LogP) is 9.78. The molecule has 0 spiro atoms. The summed E-state index contributed by atoms with van der Waals surface area (Å²) in [6, 6.07) is 17.2. The maximum Gasteiger partial charge on any atom is 0.176 e. The van der Waals surface area contributed by atoms with E-state index in [0.717, 1.165) is 46.0 Å². The molecule has 1 atom stereocenters. The predicted molar refractivity (Wildman–Crippen MR) is 175 cm³/mol. The van der Waals surface area contributed by atoms with E-state index in [9.17, 15) is 0 Å². The lowest BCUT2D eigenvalue weighted by Crippen LogP contribution is -2.21. The Hall–Kier alpha value is -3.99. The average molecular weight is 564 g/mol. The van der Waals surface area contributed by atoms with Crippen LogP contribution in [0, 0.1) is 20.8 Å². The van der Waals surface area contributed by atoms with E-state index in [1.54, 1.807) is 7.11 Å². The van der Waals surface area contributed by atoms with Gasteiger partial charge in [0.1, 0.15) is 17.6 Å². The van der Waals surface area contributed by atoms with Crippen LogP contribution in [-0.4, -0.2) is 16.7 Å². The van der Waals surface area contributed by atoms with Crippen LogP contribution < -0.4 is 10.1 Å². The molecule has 0 saturated heterocycles. The number of rotatable bonds is 9. The molecule has 0 amide bonds. The Morgan fingerprint density at radius 2 is 1.55 bits per heavy atom. The van der Waals surface area contributed by atoms with Crippen molar-refractivity contribution in [2.75, 3.05) is 12.4 Å². The zero-order valence-electron chi connectivity index (χ0n) is 26.8. The third-order valence-corrected chi connectivity index (χ3v) is 8.41. The number of ether oxygens (including phenoxy) is 1. The second-order valence-electron chi connectivity index (χ2n) is 12.2. The molecule has 1 N–H and O–H groups in total. The highest BCUT2D eigenvalue weighted by Crippen LogP contribution is 2.42. The van der Waals surface area contributed by atoms with Gasteiger partial charge in [-0.25, -0.2) is 4.98 Å². The maximum absolute atomic E-state index is 6.36. The summed E-state index contributed by atoms with van der Waals surface area (Å²) in [7, 11) is 3.79. The second kappa shape index (κ2) is 11.7. The van der Waals surface area contributed by atoms with Gasteiger partial charge in [0.15, 0.2) is 11.3 Å². The number of nitrogens with zero attached hydrogens (tertiary/aromatic N) is 2. The van der Waals surface area contributed by atoms with Crippen molar-refractivity contribution in [2.45, 2.75) is 79.7 Å². The molecule has 5 aromatic rings. The number of furan rings is 1. The van der Waals surface area contributed by atoms with Gasteiger partial charge >= 0.3 is 0 Å². The number of hydrogen-bond donors (Lipinski definition) is 1. The Labute approximate surface area is 250 Å². The highest BCUT2D eigenvalue weighted by Gasteiger charge is 2.28. The van der Waals surface area contributed by atoms with Crippen LogP contribution in [0.3, 0.4) is 0 Å². The van der Waals surface area contributed by atoms with Crippen molar-refractivity contribution in [3.05, 3.63) is 99.7 Å². The van der Waals surface area contributed by atoms with E-state index < -0.39 is 0 Å². The number of fused-ring (bicyclic) bond motifs is 1. The number of imidazole rings is 1. The largest absolute Gasteiger partial charge is 0.493 e. The van der Waals surface area contributed by atoms with E-state index in [2.05, 4.69) is 115 Å². The molecule has 5 heteroatoms. The lowest BCUT2D eigenvalue weighted by Gasteiger charge is -2.28. The molecule has 0 saturated carbocycles. The van der Waals surface area contributed by atoms with E-state index in [4.69, 9.17) is 14.1 Å². The zero-order chi connectivity index (χ0) is 30.3. The molecule has 0 fully saturated rings. The normalized spacial score (nSPS) is 12.5. The molecule has 0 aliphatic rings. The molecule has 220 valence electrons. The first-order chi connectivity index (χ1) is 20.0. The monoisotopic (exact) mass is 563 g/mol. The standard InChI is InChI=1S/C37H45N3O2/c1-11-30-33(28-16-13-17-31(41-10)36(28)42-30)29-20-40(9)37(38-29)35(32-24(7)18-23(6)19-25(32)8)39-34-26(21(2)3)14-12-15-27(34)22(4)5/h12-22,35,39H,11H2,1-10H3. The topological polar surface area (TPSA) is 52.2 Å². The number of methoxy groups -OCH3 is 1. The summed E-state index contributed by atoms with van der Waals surface area (Å²) in [4.78, 5) is 5.39. The first-order valence-corrected chi connectivity index (χ1v) is 15.1. The minimum absolute atomic E-state index is 0.153. The van der Waals surface area contributed by atoms with Crippen molar-refractivity contribution in [3.63, 3.8) is 0 Å². The summed E-state index contributed by atoms with van der Waals surface area (Å²) in [5.74, 6) is 3.37. The fourth-order valence-corrected chi connectivity index (χ4v) is 6.48. The van der Waals surface area contributed by atoms with Crippen molar-refractivity contribution in [2.24, 2.45) is 7.05 Å². The van der Waals surface area contributed by atoms with Crippen LogP contribution in [0.15, 0.2) is 59.1 Å². The Kier molecular flexibility index (Phi) is 8.23. The van der Waals surface area contributed by atoms with E-state index in [0.29, 0.717) is 11.8 Å². The molecule has 0 radical (unpaired) electrons. The molecule has 2 heterocycles. The molecule has 5 nitrogen and oxygen atoms in total. The average Bonchev–Trinajstić information content (AvgIpc) is 3.51. The summed E-state index contributed by atoms with van der Waals surface area (Å²) in [6.07, 6.45) is 2.90. The van der Waals surface area contributed by atoms with Crippen LogP contribution >= 0.6 is 0 Å². The molecule has 5 rings (SSSR count). The molecule has 3 aromatic carbocycles. The Morgan fingerprint density at radius 3 is 2.12 bits per heavy atom. The van der Waals surface area contributed by atoms with E-state index in [-0.39, 0.29) is 6.04 Å². The minimum atomic E-state index is -0.153. The van der Waals surface area contributed by atoms with Gasteiger partial charge in [0.2, 0.25) is 0 Å². The fourth-order valence-electron chi connectivity index (χ4n) is 6.48. The zero-order valence-corrected chi connectivity index (χ0v) is 26.8. The first kappa shape index (κ1) is 29.5. The SMILES string of the molecule is CCc1oc2c(OC)cccc2c1-c1cn(C)c(C(Nc2c(C(C)C)cccc2C(C)C)c2c(C)cc(C)cc2C)n1. The van der Waals surface area contributed by atoms with E-state index >= 15 is 0 Å². The van der Waals surface area contributed by atoms with Gasteiger partial charge in [0, 0.05) is 30.7 Å². The van der Waals surface area contributed by atoms with Crippen LogP contribution in [0.5, 0.6) is 5.75 Å². The number of nitrogens with one attached hydrogen (secondary N) is 1. The molecular formula is C37H45N3O2. The highest BCUT2D eigenvalue weighted by molar-refractivity contribution is 5.97. The summed E-state index contributed by atoms with van der Waals surface area (Å²) in [5.41, 5.74) is 11.6. The van der Waals surface area contributed by atoms with Gasteiger partial charge in [-0.2, -0.15) is 0 Å². The Morgan fingerprint density at radius 1 is 0.929 bits per heavy atom. The van der Waals surface area contributed by atoms with Crippen LogP contribution in [0.25, 0.3) is 22.2 Å². The smallest absolute Gasteiger partial charge is 0.176 e. The van der Waals surface area contributed by atoms with Gasteiger partial charge in [-0.05, 0) is 66.5 Å². The van der Waals surface area contributed by atoms with E-state index in [1.807, 2.05) is 12.1 Å². The maximum atomic E-state index is 6.36. The molecule has 1 unspecified atom stereocenters. The first-order valence-electron chi connectivity index (χ1n) is 15.1. The van der Waals surface area contributed by atoms with Crippen molar-refractivity contribution in [1.82, 2.24) is 9.55 Å². The number of benzene rings is 3. The van der Waals surface area contributed by atoms with Crippen molar-refractivity contribution in [1.29, 1.82) is 0 Å². The fraction of sp³-hybridized carbons (Fsp3) is 0.378. The minimum Gasteiger partial charge on any atom is -0.493 e. The third kappa shape index (κ3) is 5.21. The lowest BCUT2D eigenvalue weighted by atomic mass is 9.89. The van der Waals surface area contributed by atoms with Crippen LogP contribution in [-0.2, 0) is 13.5 Å². The van der Waals surface area contributed by atoms with Crippen molar-refractivity contribution < 1.29 is 9.15 Å². The summed E-state index contributed by atoms with van der Waals surface area (Å²) >= 11 is 0. The van der Waals surface area contributed by atoms with Gasteiger partial charge in [-0.1, -0.05) is 82.6 Å². The Bertz CT molecular complexity index is 1690. The highest BCUT2D eigenvalue weighted by atomic mass is 16.5. The number of anilines is 1. The van der Waals surface area contributed by atoms with Gasteiger partial charge in [-0.15, -0.1) is 0 Å². The summed E-state index contributed by atoms with van der Waals surface area (Å²) in [6.45, 7) is 17.8. The number of para-hydroxylation sites is 2. The van der Waals surface area contributed by atoms with Crippen LogP contribution in [0.2, 0.25) is 0 Å². The number of hydrogen-bond acceptors (Lipinski definition) is 4. The van der Waals surface area contributed by atoms with Crippen LogP contribution in [0.4, 0.5) is 5.69 Å². The number of aromatic nitrogens is 2. The van der Waals surface area contributed by atoms with Gasteiger partial charge in [-0.3, -0.25) is 0 Å². The van der Waals surface area contributed by atoms with E-state index in [1.165, 1.54) is 39.1 Å². The summed E-state index contributed by atoms with van der Waals surface area (Å²) in [5, 5.41) is 5.09. The quantitative estimate of drug-likeness (QED) is 0.194. The Balaban J connectivity index is 1.75. The van der Waals surface area contributed by atoms with Gasteiger partial charge in [0.05, 0.1) is 18.4 Å². The van der Waals surface area contributed by atoms with Crippen molar-refractivity contribution >= 4 is 16.7 Å². The van der Waals surface area contributed by atoms with Gasteiger partial charge < -0.3 is 19.0 Å². The molecule has 2 aromatic heterocycles. The third-order valence-electron chi connectivity index (χ3n) is 8.41.